The zero-order valence-electron chi connectivity index (χ0n) is 12.1. The highest BCUT2D eigenvalue weighted by Gasteiger charge is 2.65. The minimum atomic E-state index is -0.685. The van der Waals surface area contributed by atoms with Crippen molar-refractivity contribution in [3.05, 3.63) is 28.7 Å². The SMILES string of the molecule is C=C1CC23CC1CCC2C1=CCC(N=O)CC1C3C(=O)O. The number of carbonyl (C=O) groups is 1. The molecular formula is C17H21NO3. The van der Waals surface area contributed by atoms with E-state index in [0.717, 1.165) is 25.7 Å². The average molecular weight is 287 g/mol. The molecule has 0 amide bonds. The van der Waals surface area contributed by atoms with Crippen LogP contribution in [0.3, 0.4) is 0 Å². The van der Waals surface area contributed by atoms with Crippen LogP contribution in [0.25, 0.3) is 0 Å². The summed E-state index contributed by atoms with van der Waals surface area (Å²) in [6.07, 6.45) is 7.57. The van der Waals surface area contributed by atoms with Gasteiger partial charge in [-0.15, -0.1) is 0 Å². The first-order chi connectivity index (χ1) is 10.1. The molecular weight excluding hydrogens is 266 g/mol. The van der Waals surface area contributed by atoms with Crippen LogP contribution in [0.1, 0.15) is 38.5 Å². The fourth-order valence-electron chi connectivity index (χ4n) is 6.00. The zero-order valence-corrected chi connectivity index (χ0v) is 12.1. The zero-order chi connectivity index (χ0) is 14.8. The Balaban J connectivity index is 1.81. The van der Waals surface area contributed by atoms with Crippen molar-refractivity contribution in [2.75, 3.05) is 0 Å². The standard InChI is InChI=1S/C17H21NO3/c1-9-7-17-8-10(9)2-5-14(17)12-4-3-11(18-21)6-13(12)15(17)16(19)20/h4,10-11,13-15H,1-3,5-8H2,(H,19,20). The molecule has 4 aliphatic rings. The van der Waals surface area contributed by atoms with Gasteiger partial charge in [-0.2, -0.15) is 4.91 Å². The van der Waals surface area contributed by atoms with Crippen molar-refractivity contribution in [2.24, 2.45) is 34.3 Å². The number of rotatable bonds is 2. The van der Waals surface area contributed by atoms with Crippen molar-refractivity contribution in [1.82, 2.24) is 0 Å². The number of hydrogen-bond acceptors (Lipinski definition) is 3. The van der Waals surface area contributed by atoms with Crippen LogP contribution in [0.5, 0.6) is 0 Å². The van der Waals surface area contributed by atoms with Gasteiger partial charge in [0, 0.05) is 0 Å². The van der Waals surface area contributed by atoms with Crippen LogP contribution in [-0.4, -0.2) is 17.1 Å². The first kappa shape index (κ1) is 13.2. The van der Waals surface area contributed by atoms with E-state index in [2.05, 4.69) is 17.8 Å². The van der Waals surface area contributed by atoms with E-state index >= 15 is 0 Å². The van der Waals surface area contributed by atoms with Crippen molar-refractivity contribution in [3.63, 3.8) is 0 Å². The van der Waals surface area contributed by atoms with E-state index in [0.29, 0.717) is 24.7 Å². The molecule has 0 aromatic heterocycles. The summed E-state index contributed by atoms with van der Waals surface area (Å²) in [5, 5.41) is 13.1. The van der Waals surface area contributed by atoms with E-state index in [-0.39, 0.29) is 23.3 Å². The molecule has 112 valence electrons. The van der Waals surface area contributed by atoms with E-state index in [9.17, 15) is 14.8 Å². The van der Waals surface area contributed by atoms with Crippen LogP contribution < -0.4 is 0 Å². The summed E-state index contributed by atoms with van der Waals surface area (Å²) in [5.74, 6) is -0.0974. The second-order valence-corrected chi connectivity index (χ2v) is 7.46. The molecule has 0 aromatic carbocycles. The number of nitrogens with zero attached hydrogens (tertiary/aromatic N) is 1. The number of carboxylic acids is 1. The lowest BCUT2D eigenvalue weighted by atomic mass is 9.64. The lowest BCUT2D eigenvalue weighted by Gasteiger charge is -2.38. The molecule has 3 saturated carbocycles. The van der Waals surface area contributed by atoms with E-state index in [1.54, 1.807) is 0 Å². The van der Waals surface area contributed by atoms with Crippen LogP contribution in [0, 0.1) is 34.0 Å². The maximum absolute atomic E-state index is 12.0. The second-order valence-electron chi connectivity index (χ2n) is 7.46. The molecule has 1 N–H and O–H groups in total. The highest BCUT2D eigenvalue weighted by molar-refractivity contribution is 5.74. The van der Waals surface area contributed by atoms with Crippen LogP contribution in [0.15, 0.2) is 29.0 Å². The molecule has 0 radical (unpaired) electrons. The third kappa shape index (κ3) is 1.59. The van der Waals surface area contributed by atoms with Gasteiger partial charge in [0.25, 0.3) is 0 Å². The highest BCUT2D eigenvalue weighted by Crippen LogP contribution is 2.70. The second kappa shape index (κ2) is 4.28. The smallest absolute Gasteiger partial charge is 0.307 e. The Hall–Kier alpha value is -1.45. The molecule has 4 aliphatic carbocycles. The number of aliphatic carboxylic acids is 1. The summed E-state index contributed by atoms with van der Waals surface area (Å²) >= 11 is 0. The highest BCUT2D eigenvalue weighted by atomic mass is 16.4. The summed E-state index contributed by atoms with van der Waals surface area (Å²) in [4.78, 5) is 22.9. The normalized spacial score (nSPS) is 47.5. The van der Waals surface area contributed by atoms with E-state index in [1.807, 2.05) is 0 Å². The summed E-state index contributed by atoms with van der Waals surface area (Å²) in [5.41, 5.74) is 2.46. The van der Waals surface area contributed by atoms with Gasteiger partial charge in [0.15, 0.2) is 0 Å². The van der Waals surface area contributed by atoms with Crippen LogP contribution >= 0.6 is 0 Å². The summed E-state index contributed by atoms with van der Waals surface area (Å²) < 4.78 is 0. The minimum Gasteiger partial charge on any atom is -0.481 e. The lowest BCUT2D eigenvalue weighted by Crippen LogP contribution is -2.38. The quantitative estimate of drug-likeness (QED) is 0.624. The maximum Gasteiger partial charge on any atom is 0.307 e. The average Bonchev–Trinajstić information content (AvgIpc) is 2.88. The number of hydrogen-bond donors (Lipinski definition) is 1. The van der Waals surface area contributed by atoms with Crippen molar-refractivity contribution < 1.29 is 9.90 Å². The summed E-state index contributed by atoms with van der Waals surface area (Å²) in [6.45, 7) is 4.21. The Bertz CT molecular complexity index is 566. The molecule has 0 saturated heterocycles. The Morgan fingerprint density at radius 2 is 2.24 bits per heavy atom. The summed E-state index contributed by atoms with van der Waals surface area (Å²) in [7, 11) is 0. The molecule has 0 aliphatic heterocycles. The molecule has 4 rings (SSSR count). The van der Waals surface area contributed by atoms with E-state index in [1.165, 1.54) is 11.1 Å². The Labute approximate surface area is 124 Å². The Kier molecular flexibility index (Phi) is 2.69. The van der Waals surface area contributed by atoms with Crippen LogP contribution in [0.4, 0.5) is 0 Å². The third-order valence-corrected chi connectivity index (χ3v) is 6.68. The molecule has 4 nitrogen and oxygen atoms in total. The fraction of sp³-hybridized carbons (Fsp3) is 0.706. The first-order valence-electron chi connectivity index (χ1n) is 7.99. The van der Waals surface area contributed by atoms with Crippen molar-refractivity contribution in [3.8, 4) is 0 Å². The number of fused-ring (bicyclic) bond motifs is 3. The molecule has 21 heavy (non-hydrogen) atoms. The lowest BCUT2D eigenvalue weighted by molar-refractivity contribution is -0.148. The Morgan fingerprint density at radius 3 is 2.95 bits per heavy atom. The van der Waals surface area contributed by atoms with Gasteiger partial charge in [0.1, 0.15) is 0 Å². The monoisotopic (exact) mass is 287 g/mol. The van der Waals surface area contributed by atoms with Gasteiger partial charge < -0.3 is 5.11 Å². The van der Waals surface area contributed by atoms with Crippen molar-refractivity contribution in [2.45, 2.75) is 44.6 Å². The topological polar surface area (TPSA) is 66.7 Å². The van der Waals surface area contributed by atoms with Crippen LogP contribution in [-0.2, 0) is 4.79 Å². The van der Waals surface area contributed by atoms with Gasteiger partial charge in [-0.25, -0.2) is 0 Å². The van der Waals surface area contributed by atoms with Crippen LogP contribution in [0.2, 0.25) is 0 Å². The molecule has 0 aromatic rings. The first-order valence-corrected chi connectivity index (χ1v) is 7.99. The van der Waals surface area contributed by atoms with Gasteiger partial charge in [0.2, 0.25) is 0 Å². The van der Waals surface area contributed by atoms with Gasteiger partial charge in [0.05, 0.1) is 12.0 Å². The van der Waals surface area contributed by atoms with Gasteiger partial charge >= 0.3 is 5.97 Å². The predicted octanol–water partition coefficient (Wildman–Crippen LogP) is 3.53. The number of allylic oxidation sites excluding steroid dienone is 2. The molecule has 6 unspecified atom stereocenters. The van der Waals surface area contributed by atoms with Gasteiger partial charge in [-0.1, -0.05) is 29.0 Å². The summed E-state index contributed by atoms with van der Waals surface area (Å²) in [6, 6.07) is -0.238. The molecule has 2 bridgehead atoms. The molecule has 4 heteroatoms. The van der Waals surface area contributed by atoms with E-state index < -0.39 is 5.97 Å². The van der Waals surface area contributed by atoms with Crippen molar-refractivity contribution in [1.29, 1.82) is 0 Å². The Morgan fingerprint density at radius 1 is 1.43 bits per heavy atom. The molecule has 6 atom stereocenters. The van der Waals surface area contributed by atoms with Crippen molar-refractivity contribution >= 4 is 5.97 Å². The predicted molar refractivity (Wildman–Crippen MR) is 78.5 cm³/mol. The minimum absolute atomic E-state index is 0.0219. The van der Waals surface area contributed by atoms with Gasteiger partial charge in [-0.05, 0) is 61.7 Å². The van der Waals surface area contributed by atoms with E-state index in [4.69, 9.17) is 0 Å². The molecule has 0 heterocycles. The molecule has 3 fully saturated rings. The number of carboxylic acid groups (broad SMARTS) is 1. The maximum atomic E-state index is 12.0. The number of nitroso groups, excluding NO2 is 1. The largest absolute Gasteiger partial charge is 0.481 e. The fourth-order valence-corrected chi connectivity index (χ4v) is 6.00. The van der Waals surface area contributed by atoms with Gasteiger partial charge in [-0.3, -0.25) is 4.79 Å². The third-order valence-electron chi connectivity index (χ3n) is 6.68. The molecule has 1 spiro atoms.